The van der Waals surface area contributed by atoms with Crippen LogP contribution in [0.1, 0.15) is 12.1 Å². The van der Waals surface area contributed by atoms with Gasteiger partial charge in [0.05, 0.1) is 12.3 Å². The molecule has 2 rings (SSSR count). The first-order valence-corrected chi connectivity index (χ1v) is 6.63. The Labute approximate surface area is 109 Å². The fourth-order valence-corrected chi connectivity index (χ4v) is 2.51. The lowest BCUT2D eigenvalue weighted by Gasteiger charge is -2.27. The Kier molecular flexibility index (Phi) is 5.11. The molecule has 2 atom stereocenters. The van der Waals surface area contributed by atoms with Crippen molar-refractivity contribution in [2.75, 3.05) is 33.9 Å². The molecule has 1 aromatic heterocycles. The maximum absolute atomic E-state index is 5.47. The van der Waals surface area contributed by atoms with Crippen molar-refractivity contribution in [1.82, 2.24) is 15.2 Å². The van der Waals surface area contributed by atoms with E-state index < -0.39 is 0 Å². The standard InChI is InChI=1S/C14H23N3O/c1-15-14(12-6-8-18-11-12)10-17(2)9-13-5-3-4-7-16-13/h3-5,7,12,14-15H,6,8-11H2,1-2H3. The molecular formula is C14H23N3O. The smallest absolute Gasteiger partial charge is 0.0543 e. The third-order valence-corrected chi connectivity index (χ3v) is 3.57. The second-order valence-electron chi connectivity index (χ2n) is 5.04. The van der Waals surface area contributed by atoms with Crippen molar-refractivity contribution in [1.29, 1.82) is 0 Å². The van der Waals surface area contributed by atoms with Gasteiger partial charge in [-0.15, -0.1) is 0 Å². The number of hydrogen-bond donors (Lipinski definition) is 1. The van der Waals surface area contributed by atoms with Crippen molar-refractivity contribution in [2.24, 2.45) is 5.92 Å². The van der Waals surface area contributed by atoms with Crippen molar-refractivity contribution in [2.45, 2.75) is 19.0 Å². The van der Waals surface area contributed by atoms with Gasteiger partial charge >= 0.3 is 0 Å². The number of nitrogens with one attached hydrogen (secondary N) is 1. The Hall–Kier alpha value is -0.970. The largest absolute Gasteiger partial charge is 0.381 e. The molecule has 1 N–H and O–H groups in total. The van der Waals surface area contributed by atoms with E-state index in [1.165, 1.54) is 6.42 Å². The first-order chi connectivity index (χ1) is 8.79. The molecule has 18 heavy (non-hydrogen) atoms. The average molecular weight is 249 g/mol. The van der Waals surface area contributed by atoms with Gasteiger partial charge in [0.2, 0.25) is 0 Å². The predicted octanol–water partition coefficient (Wildman–Crippen LogP) is 1.14. The number of likely N-dealkylation sites (N-methyl/N-ethyl adjacent to an activating group) is 2. The van der Waals surface area contributed by atoms with E-state index in [9.17, 15) is 0 Å². The van der Waals surface area contributed by atoms with Crippen LogP contribution in [-0.4, -0.2) is 49.8 Å². The van der Waals surface area contributed by atoms with E-state index in [2.05, 4.69) is 28.3 Å². The fraction of sp³-hybridized carbons (Fsp3) is 0.643. The molecule has 0 radical (unpaired) electrons. The lowest BCUT2D eigenvalue weighted by molar-refractivity contribution is 0.167. The van der Waals surface area contributed by atoms with E-state index >= 15 is 0 Å². The van der Waals surface area contributed by atoms with E-state index in [-0.39, 0.29) is 0 Å². The minimum atomic E-state index is 0.501. The van der Waals surface area contributed by atoms with Crippen LogP contribution in [0.15, 0.2) is 24.4 Å². The molecule has 0 saturated carbocycles. The molecular weight excluding hydrogens is 226 g/mol. The van der Waals surface area contributed by atoms with E-state index in [0.29, 0.717) is 12.0 Å². The van der Waals surface area contributed by atoms with Gasteiger partial charge in [-0.25, -0.2) is 0 Å². The molecule has 0 aromatic carbocycles. The van der Waals surface area contributed by atoms with E-state index in [0.717, 1.165) is 32.0 Å². The van der Waals surface area contributed by atoms with Gasteiger partial charge in [-0.3, -0.25) is 9.88 Å². The minimum absolute atomic E-state index is 0.501. The number of ether oxygens (including phenoxy) is 1. The van der Waals surface area contributed by atoms with Crippen molar-refractivity contribution in [3.05, 3.63) is 30.1 Å². The molecule has 1 aliphatic heterocycles. The SMILES string of the molecule is CNC(CN(C)Cc1ccccn1)C1CCOC1. The van der Waals surface area contributed by atoms with Gasteiger partial charge in [0.15, 0.2) is 0 Å². The van der Waals surface area contributed by atoms with E-state index in [1.807, 2.05) is 25.4 Å². The zero-order valence-corrected chi connectivity index (χ0v) is 11.3. The number of pyridine rings is 1. The molecule has 4 heteroatoms. The van der Waals surface area contributed by atoms with Crippen LogP contribution in [0.4, 0.5) is 0 Å². The highest BCUT2D eigenvalue weighted by Gasteiger charge is 2.25. The van der Waals surface area contributed by atoms with Gasteiger partial charge in [0.1, 0.15) is 0 Å². The van der Waals surface area contributed by atoms with Crippen molar-refractivity contribution in [3.8, 4) is 0 Å². The summed E-state index contributed by atoms with van der Waals surface area (Å²) in [5.74, 6) is 0.640. The summed E-state index contributed by atoms with van der Waals surface area (Å²) in [7, 11) is 4.19. The summed E-state index contributed by atoms with van der Waals surface area (Å²) in [6.07, 6.45) is 3.02. The highest BCUT2D eigenvalue weighted by Crippen LogP contribution is 2.17. The fourth-order valence-electron chi connectivity index (χ4n) is 2.51. The van der Waals surface area contributed by atoms with E-state index in [4.69, 9.17) is 4.74 Å². The van der Waals surface area contributed by atoms with Crippen LogP contribution in [0.5, 0.6) is 0 Å². The maximum atomic E-state index is 5.47. The molecule has 1 aliphatic rings. The third kappa shape index (κ3) is 3.77. The van der Waals surface area contributed by atoms with Gasteiger partial charge < -0.3 is 10.1 Å². The van der Waals surface area contributed by atoms with Crippen LogP contribution in [0, 0.1) is 5.92 Å². The Bertz CT molecular complexity index is 338. The molecule has 1 aromatic rings. The summed E-state index contributed by atoms with van der Waals surface area (Å²) in [6, 6.07) is 6.57. The number of nitrogens with zero attached hydrogens (tertiary/aromatic N) is 2. The van der Waals surface area contributed by atoms with Crippen LogP contribution in [0.25, 0.3) is 0 Å². The van der Waals surface area contributed by atoms with Crippen LogP contribution >= 0.6 is 0 Å². The third-order valence-electron chi connectivity index (χ3n) is 3.57. The molecule has 4 nitrogen and oxygen atoms in total. The predicted molar refractivity (Wildman–Crippen MR) is 72.3 cm³/mol. The highest BCUT2D eigenvalue weighted by molar-refractivity contribution is 5.03. The molecule has 0 amide bonds. The molecule has 2 unspecified atom stereocenters. The van der Waals surface area contributed by atoms with Crippen molar-refractivity contribution >= 4 is 0 Å². The lowest BCUT2D eigenvalue weighted by atomic mass is 9.99. The zero-order chi connectivity index (χ0) is 12.8. The Balaban J connectivity index is 1.83. The second-order valence-corrected chi connectivity index (χ2v) is 5.04. The summed E-state index contributed by atoms with van der Waals surface area (Å²) in [5, 5.41) is 3.42. The maximum Gasteiger partial charge on any atom is 0.0543 e. The molecule has 2 heterocycles. The molecule has 0 bridgehead atoms. The molecule has 0 spiro atoms. The monoisotopic (exact) mass is 249 g/mol. The first-order valence-electron chi connectivity index (χ1n) is 6.63. The summed E-state index contributed by atoms with van der Waals surface area (Å²) in [4.78, 5) is 6.68. The van der Waals surface area contributed by atoms with Gasteiger partial charge in [0.25, 0.3) is 0 Å². The second kappa shape index (κ2) is 6.83. The number of aromatic nitrogens is 1. The van der Waals surface area contributed by atoms with Crippen molar-refractivity contribution < 1.29 is 4.74 Å². The normalized spacial score (nSPS) is 21.4. The van der Waals surface area contributed by atoms with E-state index in [1.54, 1.807) is 0 Å². The summed E-state index contributed by atoms with van der Waals surface area (Å²) in [5.41, 5.74) is 1.12. The summed E-state index contributed by atoms with van der Waals surface area (Å²) >= 11 is 0. The Morgan fingerprint density at radius 1 is 1.56 bits per heavy atom. The Morgan fingerprint density at radius 2 is 2.44 bits per heavy atom. The average Bonchev–Trinajstić information content (AvgIpc) is 2.91. The number of hydrogen-bond acceptors (Lipinski definition) is 4. The quantitative estimate of drug-likeness (QED) is 0.820. The summed E-state index contributed by atoms with van der Waals surface area (Å²) in [6.45, 7) is 3.73. The van der Waals surface area contributed by atoms with Gasteiger partial charge in [-0.2, -0.15) is 0 Å². The first kappa shape index (κ1) is 13.5. The van der Waals surface area contributed by atoms with Crippen LogP contribution in [0.3, 0.4) is 0 Å². The topological polar surface area (TPSA) is 37.4 Å². The molecule has 1 saturated heterocycles. The molecule has 100 valence electrons. The van der Waals surface area contributed by atoms with Crippen LogP contribution in [-0.2, 0) is 11.3 Å². The zero-order valence-electron chi connectivity index (χ0n) is 11.3. The molecule has 0 aliphatic carbocycles. The molecule has 1 fully saturated rings. The van der Waals surface area contributed by atoms with Crippen LogP contribution < -0.4 is 5.32 Å². The van der Waals surface area contributed by atoms with Crippen LogP contribution in [0.2, 0.25) is 0 Å². The number of rotatable bonds is 6. The summed E-state index contributed by atoms with van der Waals surface area (Å²) < 4.78 is 5.47. The highest BCUT2D eigenvalue weighted by atomic mass is 16.5. The van der Waals surface area contributed by atoms with Gasteiger partial charge in [-0.05, 0) is 32.6 Å². The van der Waals surface area contributed by atoms with Gasteiger partial charge in [-0.1, -0.05) is 6.07 Å². The van der Waals surface area contributed by atoms with Crippen molar-refractivity contribution in [3.63, 3.8) is 0 Å². The van der Waals surface area contributed by atoms with Gasteiger partial charge in [0, 0.05) is 37.9 Å². The minimum Gasteiger partial charge on any atom is -0.381 e. The Morgan fingerprint density at radius 3 is 3.06 bits per heavy atom. The lowest BCUT2D eigenvalue weighted by Crippen LogP contribution is -2.43.